The van der Waals surface area contributed by atoms with E-state index >= 15 is 0 Å². The van der Waals surface area contributed by atoms with Crippen LogP contribution in [0.15, 0.2) is 32.5 Å². The van der Waals surface area contributed by atoms with E-state index in [9.17, 15) is 14.9 Å². The molecule has 0 saturated carbocycles. The van der Waals surface area contributed by atoms with E-state index in [4.69, 9.17) is 16.6 Å². The van der Waals surface area contributed by atoms with Crippen LogP contribution in [-0.2, 0) is 17.9 Å². The lowest BCUT2D eigenvalue weighted by molar-refractivity contribution is -0.121. The normalized spacial score (nSPS) is 15.4. The van der Waals surface area contributed by atoms with Gasteiger partial charge in [-0.1, -0.05) is 24.0 Å². The van der Waals surface area contributed by atoms with Gasteiger partial charge in [0.25, 0.3) is 11.5 Å². The molecule has 9 heteroatoms. The lowest BCUT2D eigenvalue weighted by Crippen LogP contribution is -2.27. The largest absolute Gasteiger partial charge is 0.467 e. The number of thioether (sulfide) groups is 1. The van der Waals surface area contributed by atoms with Crippen LogP contribution in [0.1, 0.15) is 29.4 Å². The van der Waals surface area contributed by atoms with Crippen molar-refractivity contribution in [3.63, 3.8) is 0 Å². The maximum Gasteiger partial charge on any atom is 0.270 e. The summed E-state index contributed by atoms with van der Waals surface area (Å²) in [4.78, 5) is 27.0. The SMILES string of the molecule is CCn1c(NCc2ccco2)c(/C=C2\SC(=S)N(C)C2=O)c(C)c(C#N)c1=O. The van der Waals surface area contributed by atoms with Crippen molar-refractivity contribution in [3.05, 3.63) is 56.1 Å². The molecular weight excluding hydrogens is 396 g/mol. The summed E-state index contributed by atoms with van der Waals surface area (Å²) in [7, 11) is 1.62. The number of amides is 1. The summed E-state index contributed by atoms with van der Waals surface area (Å²) >= 11 is 6.39. The van der Waals surface area contributed by atoms with Gasteiger partial charge in [-0.15, -0.1) is 0 Å². The second kappa shape index (κ2) is 8.04. The van der Waals surface area contributed by atoms with Crippen LogP contribution >= 0.6 is 24.0 Å². The Morgan fingerprint density at radius 1 is 1.43 bits per heavy atom. The number of furan rings is 1. The molecule has 0 atom stereocenters. The smallest absolute Gasteiger partial charge is 0.270 e. The zero-order chi connectivity index (χ0) is 20.4. The summed E-state index contributed by atoms with van der Waals surface area (Å²) in [6.07, 6.45) is 3.26. The van der Waals surface area contributed by atoms with Gasteiger partial charge in [0.15, 0.2) is 0 Å². The molecule has 2 aromatic rings. The first kappa shape index (κ1) is 19.9. The van der Waals surface area contributed by atoms with E-state index < -0.39 is 0 Å². The highest BCUT2D eigenvalue weighted by molar-refractivity contribution is 8.26. The summed E-state index contributed by atoms with van der Waals surface area (Å²) in [5, 5.41) is 12.7. The van der Waals surface area contributed by atoms with Crippen LogP contribution in [-0.4, -0.2) is 26.7 Å². The standard InChI is InChI=1S/C19H18N4O3S2/c1-4-23-16(21-10-12-6-5-7-26-12)13(11(2)14(9-20)17(23)24)8-15-18(25)22(3)19(27)28-15/h5-8,21H,4,10H2,1-3H3/b15-8-. The topological polar surface area (TPSA) is 91.3 Å². The van der Waals surface area contributed by atoms with E-state index in [2.05, 4.69) is 5.32 Å². The van der Waals surface area contributed by atoms with Gasteiger partial charge in [0, 0.05) is 19.2 Å². The maximum atomic E-state index is 12.7. The lowest BCUT2D eigenvalue weighted by atomic mass is 10.0. The Labute approximate surface area is 171 Å². The van der Waals surface area contributed by atoms with Crippen molar-refractivity contribution in [1.82, 2.24) is 9.47 Å². The monoisotopic (exact) mass is 414 g/mol. The molecule has 3 heterocycles. The number of pyridine rings is 1. The number of carbonyl (C=O) groups excluding carboxylic acids is 1. The van der Waals surface area contributed by atoms with E-state index in [-0.39, 0.29) is 17.0 Å². The van der Waals surface area contributed by atoms with Crippen LogP contribution in [0.5, 0.6) is 0 Å². The molecule has 2 aromatic heterocycles. The molecule has 0 aliphatic carbocycles. The highest BCUT2D eigenvalue weighted by Gasteiger charge is 2.30. The molecule has 3 rings (SSSR count). The Morgan fingerprint density at radius 2 is 2.18 bits per heavy atom. The van der Waals surface area contributed by atoms with Crippen molar-refractivity contribution in [3.8, 4) is 6.07 Å². The van der Waals surface area contributed by atoms with Gasteiger partial charge < -0.3 is 9.73 Å². The van der Waals surface area contributed by atoms with Gasteiger partial charge in [-0.2, -0.15) is 5.26 Å². The van der Waals surface area contributed by atoms with E-state index in [0.717, 1.165) is 0 Å². The number of rotatable bonds is 5. The first-order valence-corrected chi connectivity index (χ1v) is 9.76. The Bertz CT molecular complexity index is 1080. The van der Waals surface area contributed by atoms with Gasteiger partial charge in [-0.05, 0) is 37.6 Å². The molecule has 1 amide bonds. The molecule has 1 saturated heterocycles. The number of hydrogen-bond donors (Lipinski definition) is 1. The summed E-state index contributed by atoms with van der Waals surface area (Å²) in [5.74, 6) is 1.02. The molecule has 7 nitrogen and oxygen atoms in total. The predicted octanol–water partition coefficient (Wildman–Crippen LogP) is 3.08. The molecule has 1 N–H and O–H groups in total. The molecule has 1 aliphatic heterocycles. The number of anilines is 1. The summed E-state index contributed by atoms with van der Waals surface area (Å²) in [6, 6.07) is 5.59. The number of nitrogens with one attached hydrogen (secondary N) is 1. The number of likely N-dealkylation sites (N-methyl/N-ethyl adjacent to an activating group) is 1. The van der Waals surface area contributed by atoms with E-state index in [1.807, 2.05) is 19.1 Å². The fraction of sp³-hybridized carbons (Fsp3) is 0.263. The third-order valence-electron chi connectivity index (χ3n) is 4.46. The zero-order valence-electron chi connectivity index (χ0n) is 15.6. The van der Waals surface area contributed by atoms with Crippen LogP contribution in [0.25, 0.3) is 6.08 Å². The number of thiocarbonyl (C=S) groups is 1. The van der Waals surface area contributed by atoms with Gasteiger partial charge >= 0.3 is 0 Å². The van der Waals surface area contributed by atoms with Crippen molar-refractivity contribution in [2.75, 3.05) is 12.4 Å². The van der Waals surface area contributed by atoms with Crippen molar-refractivity contribution >= 4 is 46.1 Å². The molecular formula is C19H18N4O3S2. The van der Waals surface area contributed by atoms with Crippen molar-refractivity contribution in [2.24, 2.45) is 0 Å². The minimum absolute atomic E-state index is 0.0589. The molecule has 1 fully saturated rings. The average Bonchev–Trinajstić information content (AvgIpc) is 3.27. The van der Waals surface area contributed by atoms with Crippen molar-refractivity contribution < 1.29 is 9.21 Å². The fourth-order valence-electron chi connectivity index (χ4n) is 2.92. The molecule has 144 valence electrons. The van der Waals surface area contributed by atoms with Crippen LogP contribution in [0.4, 0.5) is 5.82 Å². The lowest BCUT2D eigenvalue weighted by Gasteiger charge is -2.19. The zero-order valence-corrected chi connectivity index (χ0v) is 17.2. The van der Waals surface area contributed by atoms with Gasteiger partial charge in [0.05, 0.1) is 17.7 Å². The molecule has 0 unspecified atom stereocenters. The van der Waals surface area contributed by atoms with Gasteiger partial charge in [0.2, 0.25) is 0 Å². The number of nitriles is 1. The van der Waals surface area contributed by atoms with Crippen LogP contribution < -0.4 is 10.9 Å². The molecule has 0 bridgehead atoms. The quantitative estimate of drug-likeness (QED) is 0.594. The Morgan fingerprint density at radius 3 is 2.71 bits per heavy atom. The van der Waals surface area contributed by atoms with E-state index in [1.54, 1.807) is 32.4 Å². The van der Waals surface area contributed by atoms with Gasteiger partial charge in [0.1, 0.15) is 27.5 Å². The molecule has 0 spiro atoms. The summed E-state index contributed by atoms with van der Waals surface area (Å²) < 4.78 is 7.31. The van der Waals surface area contributed by atoms with Crippen molar-refractivity contribution in [2.45, 2.75) is 26.9 Å². The maximum absolute atomic E-state index is 12.7. The molecule has 28 heavy (non-hydrogen) atoms. The molecule has 1 aliphatic rings. The van der Waals surface area contributed by atoms with Gasteiger partial charge in [-0.25, -0.2) is 0 Å². The second-order valence-corrected chi connectivity index (χ2v) is 7.77. The highest BCUT2D eigenvalue weighted by atomic mass is 32.2. The van der Waals surface area contributed by atoms with Gasteiger partial charge in [-0.3, -0.25) is 19.1 Å². The van der Waals surface area contributed by atoms with Crippen LogP contribution in [0.3, 0.4) is 0 Å². The number of nitrogens with zero attached hydrogens (tertiary/aromatic N) is 3. The number of aromatic nitrogens is 1. The van der Waals surface area contributed by atoms with Crippen LogP contribution in [0, 0.1) is 18.3 Å². The average molecular weight is 415 g/mol. The first-order chi connectivity index (χ1) is 13.4. The Hall–Kier alpha value is -2.83. The molecule has 0 radical (unpaired) electrons. The van der Waals surface area contributed by atoms with E-state index in [1.165, 1.54) is 21.2 Å². The third-order valence-corrected chi connectivity index (χ3v) is 5.95. The Kier molecular flexibility index (Phi) is 5.72. The predicted molar refractivity (Wildman–Crippen MR) is 113 cm³/mol. The fourth-order valence-corrected chi connectivity index (χ4v) is 4.08. The molecule has 0 aromatic carbocycles. The second-order valence-electron chi connectivity index (χ2n) is 6.10. The number of carbonyl (C=O) groups is 1. The summed E-state index contributed by atoms with van der Waals surface area (Å²) in [5.41, 5.74) is 0.812. The van der Waals surface area contributed by atoms with Crippen molar-refractivity contribution in [1.29, 1.82) is 5.26 Å². The Balaban J connectivity index is 2.18. The minimum atomic E-state index is -0.371. The van der Waals surface area contributed by atoms with Crippen LogP contribution in [0.2, 0.25) is 0 Å². The third kappa shape index (κ3) is 3.48. The number of hydrogen-bond acceptors (Lipinski definition) is 7. The highest BCUT2D eigenvalue weighted by Crippen LogP contribution is 2.34. The first-order valence-electron chi connectivity index (χ1n) is 8.54. The van der Waals surface area contributed by atoms with E-state index in [0.29, 0.717) is 45.0 Å². The minimum Gasteiger partial charge on any atom is -0.467 e. The summed E-state index contributed by atoms with van der Waals surface area (Å²) in [6.45, 7) is 4.25.